The first-order valence-corrected chi connectivity index (χ1v) is 4.19. The predicted octanol–water partition coefficient (Wildman–Crippen LogP) is 3.87. The summed E-state index contributed by atoms with van der Waals surface area (Å²) >= 11 is 0. The van der Waals surface area contributed by atoms with E-state index in [0.29, 0.717) is 0 Å². The molecular formula is C11H18. The van der Waals surface area contributed by atoms with Gasteiger partial charge in [0.25, 0.3) is 0 Å². The summed E-state index contributed by atoms with van der Waals surface area (Å²) in [5.74, 6) is 0. The molecule has 0 aromatic carbocycles. The molecule has 0 N–H and O–H groups in total. The largest absolute Gasteiger partial charge is 0.0871 e. The van der Waals surface area contributed by atoms with E-state index in [2.05, 4.69) is 45.1 Å². The van der Waals surface area contributed by atoms with E-state index in [-0.39, 0.29) is 0 Å². The normalized spacial score (nSPS) is 11.3. The molecule has 0 atom stereocenters. The van der Waals surface area contributed by atoms with Crippen LogP contribution in [0.1, 0.15) is 34.1 Å². The highest BCUT2D eigenvalue weighted by molar-refractivity contribution is 5.33. The van der Waals surface area contributed by atoms with Gasteiger partial charge in [-0.15, -0.1) is 0 Å². The summed E-state index contributed by atoms with van der Waals surface area (Å²) in [4.78, 5) is 0. The van der Waals surface area contributed by atoms with Crippen molar-refractivity contribution in [2.75, 3.05) is 0 Å². The predicted molar refractivity (Wildman–Crippen MR) is 52.6 cm³/mol. The lowest BCUT2D eigenvalue weighted by Gasteiger charge is -1.96. The zero-order valence-corrected chi connectivity index (χ0v) is 8.02. The second kappa shape index (κ2) is 5.96. The van der Waals surface area contributed by atoms with Crippen molar-refractivity contribution in [3.63, 3.8) is 0 Å². The lowest BCUT2D eigenvalue weighted by atomic mass is 10.1. The van der Waals surface area contributed by atoms with Gasteiger partial charge in [-0.2, -0.15) is 0 Å². The highest BCUT2D eigenvalue weighted by Gasteiger charge is 1.86. The third-order valence-electron chi connectivity index (χ3n) is 1.46. The zero-order chi connectivity index (χ0) is 8.69. The summed E-state index contributed by atoms with van der Waals surface area (Å²) in [7, 11) is 0. The molecule has 0 heterocycles. The Morgan fingerprint density at radius 1 is 1.18 bits per heavy atom. The molecule has 0 fully saturated rings. The van der Waals surface area contributed by atoms with Crippen LogP contribution in [-0.4, -0.2) is 0 Å². The standard InChI is InChI=1S/C11H18/c1-5-7-9-11(8-6-2)10(3)4/h6-9H,5H2,1-4H3. The Bertz CT molecular complexity index is 176. The molecule has 0 radical (unpaired) electrons. The van der Waals surface area contributed by atoms with Crippen LogP contribution in [0.3, 0.4) is 0 Å². The van der Waals surface area contributed by atoms with E-state index in [0.717, 1.165) is 6.42 Å². The molecule has 0 aliphatic rings. The zero-order valence-electron chi connectivity index (χ0n) is 8.02. The summed E-state index contributed by atoms with van der Waals surface area (Å²) in [6.07, 6.45) is 9.68. The number of hydrogen-bond donors (Lipinski definition) is 0. The van der Waals surface area contributed by atoms with Gasteiger partial charge in [-0.25, -0.2) is 0 Å². The van der Waals surface area contributed by atoms with Crippen molar-refractivity contribution in [2.24, 2.45) is 0 Å². The summed E-state index contributed by atoms with van der Waals surface area (Å²) in [6, 6.07) is 0. The van der Waals surface area contributed by atoms with Gasteiger partial charge < -0.3 is 0 Å². The fraction of sp³-hybridized carbons (Fsp3) is 0.455. The first-order chi connectivity index (χ1) is 5.22. The topological polar surface area (TPSA) is 0 Å². The molecule has 0 spiro atoms. The Labute approximate surface area is 70.3 Å². The monoisotopic (exact) mass is 150 g/mol. The van der Waals surface area contributed by atoms with Gasteiger partial charge >= 0.3 is 0 Å². The molecule has 0 saturated heterocycles. The first-order valence-electron chi connectivity index (χ1n) is 4.19. The van der Waals surface area contributed by atoms with Crippen LogP contribution in [-0.2, 0) is 0 Å². The molecule has 0 unspecified atom stereocenters. The van der Waals surface area contributed by atoms with Crippen molar-refractivity contribution in [3.8, 4) is 0 Å². The second-order valence-electron chi connectivity index (χ2n) is 2.77. The van der Waals surface area contributed by atoms with Crippen molar-refractivity contribution in [1.82, 2.24) is 0 Å². The Morgan fingerprint density at radius 2 is 1.82 bits per heavy atom. The molecule has 0 rings (SSSR count). The van der Waals surface area contributed by atoms with E-state index < -0.39 is 0 Å². The molecular weight excluding hydrogens is 132 g/mol. The summed E-state index contributed by atoms with van der Waals surface area (Å²) in [5.41, 5.74) is 2.70. The van der Waals surface area contributed by atoms with Crippen molar-refractivity contribution in [1.29, 1.82) is 0 Å². The summed E-state index contributed by atoms with van der Waals surface area (Å²) in [5, 5.41) is 0. The Hall–Kier alpha value is -0.780. The van der Waals surface area contributed by atoms with Crippen molar-refractivity contribution >= 4 is 0 Å². The smallest absolute Gasteiger partial charge is 0.0277 e. The fourth-order valence-electron chi connectivity index (χ4n) is 0.813. The van der Waals surface area contributed by atoms with Gasteiger partial charge in [0, 0.05) is 0 Å². The van der Waals surface area contributed by atoms with Gasteiger partial charge in [-0.1, -0.05) is 36.8 Å². The lowest BCUT2D eigenvalue weighted by Crippen LogP contribution is -1.75. The first kappa shape index (κ1) is 10.2. The van der Waals surface area contributed by atoms with Crippen LogP contribution in [0.4, 0.5) is 0 Å². The molecule has 0 amide bonds. The molecule has 0 bridgehead atoms. The maximum atomic E-state index is 2.18. The Morgan fingerprint density at radius 3 is 2.18 bits per heavy atom. The lowest BCUT2D eigenvalue weighted by molar-refractivity contribution is 1.21. The average molecular weight is 150 g/mol. The molecule has 0 aromatic rings. The SMILES string of the molecule is CC=CC(C=CCC)=C(C)C. The van der Waals surface area contributed by atoms with Crippen molar-refractivity contribution < 1.29 is 0 Å². The molecule has 62 valence electrons. The van der Waals surface area contributed by atoms with Crippen molar-refractivity contribution in [2.45, 2.75) is 34.1 Å². The van der Waals surface area contributed by atoms with E-state index in [1.807, 2.05) is 6.92 Å². The third kappa shape index (κ3) is 4.60. The summed E-state index contributed by atoms with van der Waals surface area (Å²) in [6.45, 7) is 8.46. The molecule has 0 aromatic heterocycles. The van der Waals surface area contributed by atoms with Gasteiger partial charge in [-0.3, -0.25) is 0 Å². The van der Waals surface area contributed by atoms with Crippen LogP contribution in [0.15, 0.2) is 35.5 Å². The van der Waals surface area contributed by atoms with Gasteiger partial charge in [0.15, 0.2) is 0 Å². The number of allylic oxidation sites excluding steroid dienone is 6. The van der Waals surface area contributed by atoms with Crippen LogP contribution in [0.2, 0.25) is 0 Å². The van der Waals surface area contributed by atoms with E-state index in [4.69, 9.17) is 0 Å². The van der Waals surface area contributed by atoms with E-state index >= 15 is 0 Å². The van der Waals surface area contributed by atoms with Crippen LogP contribution < -0.4 is 0 Å². The van der Waals surface area contributed by atoms with Crippen LogP contribution in [0.5, 0.6) is 0 Å². The van der Waals surface area contributed by atoms with Crippen LogP contribution >= 0.6 is 0 Å². The van der Waals surface area contributed by atoms with E-state index in [1.165, 1.54) is 11.1 Å². The Kier molecular flexibility index (Phi) is 5.54. The quantitative estimate of drug-likeness (QED) is 0.536. The molecule has 0 nitrogen and oxygen atoms in total. The fourth-order valence-corrected chi connectivity index (χ4v) is 0.813. The summed E-state index contributed by atoms with van der Waals surface area (Å²) < 4.78 is 0. The van der Waals surface area contributed by atoms with Crippen LogP contribution in [0, 0.1) is 0 Å². The molecule has 11 heavy (non-hydrogen) atoms. The molecule has 0 heteroatoms. The molecule has 0 aliphatic carbocycles. The Balaban J connectivity index is 4.37. The molecule has 0 saturated carbocycles. The highest BCUT2D eigenvalue weighted by Crippen LogP contribution is 2.06. The van der Waals surface area contributed by atoms with Gasteiger partial charge in [-0.05, 0) is 32.8 Å². The van der Waals surface area contributed by atoms with Crippen molar-refractivity contribution in [3.05, 3.63) is 35.5 Å². The van der Waals surface area contributed by atoms with E-state index in [1.54, 1.807) is 0 Å². The van der Waals surface area contributed by atoms with Gasteiger partial charge in [0.05, 0.1) is 0 Å². The van der Waals surface area contributed by atoms with Gasteiger partial charge in [0.2, 0.25) is 0 Å². The minimum absolute atomic E-state index is 1.11. The molecule has 0 aliphatic heterocycles. The van der Waals surface area contributed by atoms with E-state index in [9.17, 15) is 0 Å². The maximum absolute atomic E-state index is 2.18. The minimum atomic E-state index is 1.11. The average Bonchev–Trinajstić information content (AvgIpc) is 1.97. The van der Waals surface area contributed by atoms with Gasteiger partial charge in [0.1, 0.15) is 0 Å². The van der Waals surface area contributed by atoms with Crippen LogP contribution in [0.25, 0.3) is 0 Å². The minimum Gasteiger partial charge on any atom is -0.0871 e. The second-order valence-corrected chi connectivity index (χ2v) is 2.77. The maximum Gasteiger partial charge on any atom is -0.0277 e. The highest BCUT2D eigenvalue weighted by atomic mass is 13.9. The number of rotatable bonds is 3. The third-order valence-corrected chi connectivity index (χ3v) is 1.46. The number of hydrogen-bond acceptors (Lipinski definition) is 0.